The van der Waals surface area contributed by atoms with Crippen LogP contribution in [0.15, 0.2) is 47.4 Å². The molecule has 1 saturated carbocycles. The first kappa shape index (κ1) is 16.8. The van der Waals surface area contributed by atoms with Gasteiger partial charge in [0.15, 0.2) is 0 Å². The highest BCUT2D eigenvalue weighted by Gasteiger charge is 2.29. The summed E-state index contributed by atoms with van der Waals surface area (Å²) < 4.78 is 27.7. The molecule has 1 aliphatic carbocycles. The Kier molecular flexibility index (Phi) is 4.51. The van der Waals surface area contributed by atoms with Gasteiger partial charge in [0.05, 0.1) is 10.6 Å². The molecule has 0 heterocycles. The van der Waals surface area contributed by atoms with E-state index in [0.717, 1.165) is 12.8 Å². The van der Waals surface area contributed by atoms with Crippen LogP contribution in [0.5, 0.6) is 0 Å². The molecule has 0 saturated heterocycles. The first-order chi connectivity index (χ1) is 11.3. The molecule has 0 aliphatic heterocycles. The molecule has 2 aromatic rings. The lowest BCUT2D eigenvalue weighted by atomic mass is 10.2. The minimum atomic E-state index is -3.76. The van der Waals surface area contributed by atoms with Crippen LogP contribution in [0, 0.1) is 12.8 Å². The zero-order chi connectivity index (χ0) is 17.3. The van der Waals surface area contributed by atoms with Gasteiger partial charge in [-0.25, -0.2) is 8.42 Å². The molecule has 24 heavy (non-hydrogen) atoms. The summed E-state index contributed by atoms with van der Waals surface area (Å²) in [6.07, 6.45) is 1.82. The van der Waals surface area contributed by atoms with E-state index in [2.05, 4.69) is 10.0 Å². The first-order valence-electron chi connectivity index (χ1n) is 7.55. The molecule has 0 atom stereocenters. The van der Waals surface area contributed by atoms with Crippen LogP contribution in [0.4, 0.5) is 11.4 Å². The van der Waals surface area contributed by atoms with Gasteiger partial charge in [-0.2, -0.15) is 0 Å². The van der Waals surface area contributed by atoms with Gasteiger partial charge in [0, 0.05) is 16.6 Å². The number of hydrogen-bond donors (Lipinski definition) is 2. The molecule has 7 heteroatoms. The highest BCUT2D eigenvalue weighted by Crippen LogP contribution is 2.30. The molecule has 2 N–H and O–H groups in total. The van der Waals surface area contributed by atoms with Crippen LogP contribution >= 0.6 is 11.6 Å². The van der Waals surface area contributed by atoms with Gasteiger partial charge in [0.2, 0.25) is 5.91 Å². The summed E-state index contributed by atoms with van der Waals surface area (Å²) in [6, 6.07) is 11.3. The van der Waals surface area contributed by atoms with E-state index in [1.165, 1.54) is 6.07 Å². The predicted molar refractivity (Wildman–Crippen MR) is 94.8 cm³/mol. The average molecular weight is 365 g/mol. The van der Waals surface area contributed by atoms with E-state index in [-0.39, 0.29) is 16.7 Å². The number of nitrogens with one attached hydrogen (secondary N) is 2. The first-order valence-corrected chi connectivity index (χ1v) is 9.41. The molecule has 0 aromatic heterocycles. The van der Waals surface area contributed by atoms with Crippen LogP contribution in [-0.4, -0.2) is 14.3 Å². The molecule has 126 valence electrons. The Bertz CT molecular complexity index is 892. The summed E-state index contributed by atoms with van der Waals surface area (Å²) in [5.74, 6) is 0.0557. The van der Waals surface area contributed by atoms with Crippen molar-refractivity contribution in [3.8, 4) is 0 Å². The van der Waals surface area contributed by atoms with Crippen LogP contribution in [-0.2, 0) is 14.8 Å². The molecule has 1 aliphatic rings. The summed E-state index contributed by atoms with van der Waals surface area (Å²) in [7, 11) is -3.76. The fourth-order valence-corrected chi connectivity index (χ4v) is 3.88. The Hall–Kier alpha value is -2.05. The number of benzene rings is 2. The van der Waals surface area contributed by atoms with Gasteiger partial charge in [0.25, 0.3) is 10.0 Å². The summed E-state index contributed by atoms with van der Waals surface area (Å²) in [5.41, 5.74) is 1.54. The molecular weight excluding hydrogens is 348 g/mol. The van der Waals surface area contributed by atoms with Gasteiger partial charge < -0.3 is 5.32 Å². The van der Waals surface area contributed by atoms with E-state index in [9.17, 15) is 13.2 Å². The van der Waals surface area contributed by atoms with Crippen molar-refractivity contribution in [1.82, 2.24) is 0 Å². The smallest absolute Gasteiger partial charge is 0.262 e. The van der Waals surface area contributed by atoms with E-state index in [4.69, 9.17) is 11.6 Å². The number of hydrogen-bond acceptors (Lipinski definition) is 3. The molecule has 2 aromatic carbocycles. The van der Waals surface area contributed by atoms with Gasteiger partial charge >= 0.3 is 0 Å². The number of aryl methyl sites for hydroxylation is 1. The van der Waals surface area contributed by atoms with Gasteiger partial charge in [-0.3, -0.25) is 9.52 Å². The Balaban J connectivity index is 1.82. The van der Waals surface area contributed by atoms with Gasteiger partial charge in [-0.15, -0.1) is 0 Å². The number of halogens is 1. The summed E-state index contributed by atoms with van der Waals surface area (Å²) in [6.45, 7) is 1.71. The van der Waals surface area contributed by atoms with Crippen molar-refractivity contribution < 1.29 is 13.2 Å². The molecule has 0 radical (unpaired) electrons. The van der Waals surface area contributed by atoms with Crippen molar-refractivity contribution in [2.75, 3.05) is 10.0 Å². The minimum Gasteiger partial charge on any atom is -0.326 e. The van der Waals surface area contributed by atoms with Crippen molar-refractivity contribution in [2.24, 2.45) is 5.92 Å². The second-order valence-corrected chi connectivity index (χ2v) is 7.95. The second kappa shape index (κ2) is 6.45. The minimum absolute atomic E-state index is 0.0271. The Morgan fingerprint density at radius 1 is 1.12 bits per heavy atom. The van der Waals surface area contributed by atoms with Crippen molar-refractivity contribution in [3.63, 3.8) is 0 Å². The van der Waals surface area contributed by atoms with Crippen molar-refractivity contribution >= 4 is 38.9 Å². The second-order valence-electron chi connectivity index (χ2n) is 5.86. The molecule has 1 fully saturated rings. The van der Waals surface area contributed by atoms with E-state index < -0.39 is 10.0 Å². The average Bonchev–Trinajstić information content (AvgIpc) is 3.34. The zero-order valence-corrected chi connectivity index (χ0v) is 14.6. The largest absolute Gasteiger partial charge is 0.326 e. The van der Waals surface area contributed by atoms with Crippen LogP contribution in [0.25, 0.3) is 0 Å². The van der Waals surface area contributed by atoms with Gasteiger partial charge in [-0.05, 0) is 55.7 Å². The van der Waals surface area contributed by atoms with Crippen molar-refractivity contribution in [1.29, 1.82) is 0 Å². The number of sulfonamides is 1. The van der Waals surface area contributed by atoms with E-state index >= 15 is 0 Å². The van der Waals surface area contributed by atoms with Crippen molar-refractivity contribution in [2.45, 2.75) is 24.7 Å². The maximum absolute atomic E-state index is 12.6. The molecular formula is C17H17ClN2O3S. The summed E-state index contributed by atoms with van der Waals surface area (Å²) in [5, 5.41) is 3.15. The van der Waals surface area contributed by atoms with E-state index in [1.807, 2.05) is 0 Å². The van der Waals surface area contributed by atoms with Gasteiger partial charge in [0.1, 0.15) is 0 Å². The third-order valence-electron chi connectivity index (χ3n) is 3.77. The standard InChI is InChI=1S/C17H17ClN2O3S/c1-11-5-8-13(18)9-16(11)24(22,23)20-15-4-2-3-14(10-15)19-17(21)12-6-7-12/h2-5,8-10,12,20H,6-7H2,1H3,(H,19,21). The Labute approximate surface area is 146 Å². The van der Waals surface area contributed by atoms with Crippen LogP contribution in [0.3, 0.4) is 0 Å². The zero-order valence-electron chi connectivity index (χ0n) is 13.0. The van der Waals surface area contributed by atoms with Crippen LogP contribution in [0.1, 0.15) is 18.4 Å². The predicted octanol–water partition coefficient (Wildman–Crippen LogP) is 3.80. The SMILES string of the molecule is Cc1ccc(Cl)cc1S(=O)(=O)Nc1cccc(NC(=O)C2CC2)c1. The van der Waals surface area contributed by atoms with Crippen LogP contribution < -0.4 is 10.0 Å². The Morgan fingerprint density at radius 2 is 1.83 bits per heavy atom. The maximum Gasteiger partial charge on any atom is 0.262 e. The highest BCUT2D eigenvalue weighted by molar-refractivity contribution is 7.92. The molecule has 5 nitrogen and oxygen atoms in total. The molecule has 1 amide bonds. The fourth-order valence-electron chi connectivity index (χ4n) is 2.32. The molecule has 0 spiro atoms. The van der Waals surface area contributed by atoms with Crippen molar-refractivity contribution in [3.05, 3.63) is 53.1 Å². The lowest BCUT2D eigenvalue weighted by Gasteiger charge is -2.12. The Morgan fingerprint density at radius 3 is 2.54 bits per heavy atom. The number of carbonyl (C=O) groups is 1. The fraction of sp³-hybridized carbons (Fsp3) is 0.235. The van der Waals surface area contributed by atoms with Crippen LogP contribution in [0.2, 0.25) is 5.02 Å². The topological polar surface area (TPSA) is 75.3 Å². The maximum atomic E-state index is 12.6. The third-order valence-corrected chi connectivity index (χ3v) is 5.53. The normalized spacial score (nSPS) is 14.2. The number of rotatable bonds is 5. The monoisotopic (exact) mass is 364 g/mol. The van der Waals surface area contributed by atoms with Gasteiger partial charge in [-0.1, -0.05) is 23.7 Å². The quantitative estimate of drug-likeness (QED) is 0.847. The third kappa shape index (κ3) is 3.88. The number of anilines is 2. The lowest BCUT2D eigenvalue weighted by molar-refractivity contribution is -0.117. The van der Waals surface area contributed by atoms with E-state index in [0.29, 0.717) is 22.0 Å². The number of amides is 1. The molecule has 0 bridgehead atoms. The highest BCUT2D eigenvalue weighted by atomic mass is 35.5. The lowest BCUT2D eigenvalue weighted by Crippen LogP contribution is -2.15. The molecule has 3 rings (SSSR count). The van der Waals surface area contributed by atoms with E-state index in [1.54, 1.807) is 43.3 Å². The summed E-state index contributed by atoms with van der Waals surface area (Å²) in [4.78, 5) is 11.9. The summed E-state index contributed by atoms with van der Waals surface area (Å²) >= 11 is 5.90. The molecule has 0 unspecified atom stereocenters. The number of carbonyl (C=O) groups excluding carboxylic acids is 1.